The predicted octanol–water partition coefficient (Wildman–Crippen LogP) is 1.83. The molecule has 0 unspecified atom stereocenters. The fraction of sp³-hybridized carbons (Fsp3) is 0.219. The lowest BCUT2D eigenvalue weighted by Gasteiger charge is -2.38. The molecule has 48 heavy (non-hydrogen) atoms. The van der Waals surface area contributed by atoms with Crippen LogP contribution in [0.15, 0.2) is 105 Å². The number of hydrogen-bond donors (Lipinski definition) is 1. The highest BCUT2D eigenvalue weighted by atomic mass is 16.8. The van der Waals surface area contributed by atoms with Gasteiger partial charge in [-0.1, -0.05) is 6.07 Å². The van der Waals surface area contributed by atoms with E-state index in [1.165, 1.54) is 4.90 Å². The lowest BCUT2D eigenvalue weighted by molar-refractivity contribution is -0.578. The summed E-state index contributed by atoms with van der Waals surface area (Å²) >= 11 is 0. The maximum absolute atomic E-state index is 13.5. The Kier molecular flexibility index (Phi) is 9.88. The molecule has 2 aliphatic heterocycles. The maximum Gasteiger partial charge on any atom is 0.326 e. The molecule has 5 rings (SSSR count). The van der Waals surface area contributed by atoms with Crippen molar-refractivity contribution in [1.82, 2.24) is 15.0 Å². The molecular formula is C32H31N10O6-. The molecule has 0 radical (unpaired) electrons. The Hall–Kier alpha value is -5.97. The molecule has 2 aromatic rings. The molecule has 3 heterocycles. The Balaban J connectivity index is 1.34. The summed E-state index contributed by atoms with van der Waals surface area (Å²) in [4.78, 5) is 55.4. The Labute approximate surface area is 275 Å². The van der Waals surface area contributed by atoms with Gasteiger partial charge >= 0.3 is 11.8 Å². The number of pyridine rings is 1. The van der Waals surface area contributed by atoms with Crippen LogP contribution in [0.25, 0.3) is 5.70 Å². The van der Waals surface area contributed by atoms with E-state index >= 15 is 0 Å². The number of hydrogen-bond acceptors (Lipinski definition) is 13. The third-order valence-electron chi connectivity index (χ3n) is 7.37. The van der Waals surface area contributed by atoms with E-state index in [2.05, 4.69) is 25.8 Å². The first kappa shape index (κ1) is 33.4. The van der Waals surface area contributed by atoms with Crippen molar-refractivity contribution in [3.8, 4) is 0 Å². The van der Waals surface area contributed by atoms with Crippen molar-refractivity contribution in [1.29, 1.82) is 0 Å². The van der Waals surface area contributed by atoms with Gasteiger partial charge in [0.15, 0.2) is 23.8 Å². The molecule has 3 amide bonds. The molecule has 0 atom stereocenters. The van der Waals surface area contributed by atoms with E-state index in [4.69, 9.17) is 0 Å². The minimum absolute atomic E-state index is 0.0867. The number of hydroxylamine groups is 2. The molecule has 1 aliphatic carbocycles. The summed E-state index contributed by atoms with van der Waals surface area (Å²) in [5.41, 5.74) is 4.21. The summed E-state index contributed by atoms with van der Waals surface area (Å²) in [7, 11) is 3.84. The third kappa shape index (κ3) is 7.05. The van der Waals surface area contributed by atoms with Crippen LogP contribution in [0.1, 0.15) is 20.3 Å². The first-order valence-corrected chi connectivity index (χ1v) is 14.7. The second-order valence-corrected chi connectivity index (χ2v) is 11.1. The van der Waals surface area contributed by atoms with Crippen molar-refractivity contribution < 1.29 is 23.7 Å². The molecule has 0 saturated carbocycles. The van der Waals surface area contributed by atoms with E-state index in [0.717, 1.165) is 23.2 Å². The normalized spacial score (nSPS) is 19.4. The number of ketones is 1. The molecule has 0 fully saturated rings. The minimum atomic E-state index is -0.712. The lowest BCUT2D eigenvalue weighted by atomic mass is 10.0. The summed E-state index contributed by atoms with van der Waals surface area (Å²) in [6, 6.07) is 11.9. The molecule has 246 valence electrons. The zero-order valence-electron chi connectivity index (χ0n) is 26.5. The monoisotopic (exact) mass is 651 g/mol. The van der Waals surface area contributed by atoms with Crippen LogP contribution in [0.5, 0.6) is 0 Å². The SMILES string of the molecule is CC1=NN(c2ccc(N/N=C3/C(=O)N(CCCN(C)C)C(=O)C([n+]4ccccc4)=C3C)cc2)C(=O)/C1=N/N=C1/C=CC(N([O-])[O-])=CC1=O. The number of imide groups is 1. The van der Waals surface area contributed by atoms with Crippen LogP contribution in [0, 0.1) is 10.4 Å². The van der Waals surface area contributed by atoms with Gasteiger partial charge in [-0.2, -0.15) is 19.8 Å². The van der Waals surface area contributed by atoms with Gasteiger partial charge in [0, 0.05) is 30.5 Å². The number of benzene rings is 1. The molecule has 0 bridgehead atoms. The van der Waals surface area contributed by atoms with Crippen molar-refractivity contribution in [2.24, 2.45) is 20.4 Å². The number of aromatic nitrogens is 1. The molecule has 0 spiro atoms. The number of amides is 3. The fourth-order valence-corrected chi connectivity index (χ4v) is 4.90. The Bertz CT molecular complexity index is 1870. The van der Waals surface area contributed by atoms with Crippen LogP contribution in [0.3, 0.4) is 0 Å². The van der Waals surface area contributed by atoms with Gasteiger partial charge in [0.05, 0.1) is 22.7 Å². The highest BCUT2D eigenvalue weighted by molar-refractivity contribution is 6.71. The second-order valence-electron chi connectivity index (χ2n) is 11.1. The van der Waals surface area contributed by atoms with E-state index in [1.54, 1.807) is 67.2 Å². The van der Waals surface area contributed by atoms with Gasteiger partial charge in [-0.15, -0.1) is 10.2 Å². The van der Waals surface area contributed by atoms with E-state index in [9.17, 15) is 29.6 Å². The third-order valence-corrected chi connectivity index (χ3v) is 7.37. The van der Waals surface area contributed by atoms with Crippen LogP contribution < -0.4 is 15.0 Å². The molecular weight excluding hydrogens is 620 g/mol. The Morgan fingerprint density at radius 1 is 0.896 bits per heavy atom. The summed E-state index contributed by atoms with van der Waals surface area (Å²) in [6.07, 6.45) is 7.16. The highest BCUT2D eigenvalue weighted by Crippen LogP contribution is 2.24. The second kappa shape index (κ2) is 14.2. The van der Waals surface area contributed by atoms with Gasteiger partial charge in [-0.3, -0.25) is 29.5 Å². The number of anilines is 2. The predicted molar refractivity (Wildman–Crippen MR) is 179 cm³/mol. The quantitative estimate of drug-likeness (QED) is 0.173. The summed E-state index contributed by atoms with van der Waals surface area (Å²) < 4.78 is 1.67. The molecule has 3 aliphatic rings. The van der Waals surface area contributed by atoms with Crippen LogP contribution in [0.2, 0.25) is 0 Å². The number of rotatable bonds is 10. The van der Waals surface area contributed by atoms with Crippen LogP contribution in [-0.2, 0) is 19.2 Å². The molecule has 1 aromatic heterocycles. The van der Waals surface area contributed by atoms with Crippen LogP contribution in [-0.4, -0.2) is 88.6 Å². The number of carbonyl (C=O) groups excluding carboxylic acids is 4. The summed E-state index contributed by atoms with van der Waals surface area (Å²) in [5, 5.41) is 38.5. The number of hydrazone groups is 2. The summed E-state index contributed by atoms with van der Waals surface area (Å²) in [6.45, 7) is 4.15. The minimum Gasteiger partial charge on any atom is -0.769 e. The first-order valence-electron chi connectivity index (χ1n) is 14.7. The zero-order valence-corrected chi connectivity index (χ0v) is 26.5. The van der Waals surface area contributed by atoms with E-state index in [0.29, 0.717) is 35.6 Å². The zero-order chi connectivity index (χ0) is 34.5. The number of carbonyl (C=O) groups is 4. The van der Waals surface area contributed by atoms with Gasteiger partial charge in [0.2, 0.25) is 5.78 Å². The molecule has 16 nitrogen and oxygen atoms in total. The van der Waals surface area contributed by atoms with Gasteiger partial charge < -0.3 is 20.5 Å². The average Bonchev–Trinajstić information content (AvgIpc) is 3.34. The van der Waals surface area contributed by atoms with Crippen molar-refractivity contribution in [2.45, 2.75) is 20.3 Å². The van der Waals surface area contributed by atoms with Crippen molar-refractivity contribution in [3.05, 3.63) is 94.8 Å². The van der Waals surface area contributed by atoms with Crippen LogP contribution >= 0.6 is 0 Å². The first-order chi connectivity index (χ1) is 23.0. The smallest absolute Gasteiger partial charge is 0.326 e. The molecule has 0 saturated heterocycles. The molecule has 16 heteroatoms. The van der Waals surface area contributed by atoms with Gasteiger partial charge in [-0.25, -0.2) is 0 Å². The Morgan fingerprint density at radius 2 is 1.60 bits per heavy atom. The highest BCUT2D eigenvalue weighted by Gasteiger charge is 2.42. The van der Waals surface area contributed by atoms with E-state index in [1.807, 2.05) is 25.1 Å². The van der Waals surface area contributed by atoms with Crippen molar-refractivity contribution in [3.63, 3.8) is 0 Å². The fourth-order valence-electron chi connectivity index (χ4n) is 4.90. The van der Waals surface area contributed by atoms with Gasteiger partial charge in [0.25, 0.3) is 11.6 Å². The lowest BCUT2D eigenvalue weighted by Crippen LogP contribution is -2.53. The topological polar surface area (TPSA) is 193 Å². The van der Waals surface area contributed by atoms with E-state index < -0.39 is 28.7 Å². The number of nitrogens with one attached hydrogen (secondary N) is 1. The van der Waals surface area contributed by atoms with Crippen LogP contribution in [0.4, 0.5) is 11.4 Å². The average molecular weight is 652 g/mol. The largest absolute Gasteiger partial charge is 0.769 e. The van der Waals surface area contributed by atoms with E-state index in [-0.39, 0.29) is 35.1 Å². The number of allylic oxidation sites excluding steroid dienone is 3. The number of nitrogens with zero attached hydrogens (tertiary/aromatic N) is 9. The Morgan fingerprint density at radius 3 is 2.25 bits per heavy atom. The molecule has 1 N–H and O–H groups in total. The molecule has 1 aromatic carbocycles. The standard InChI is InChI=1S/C32H31N10O6/c1-20-27(30(44)40(18-8-15-38(3)4)32(46)29(20)39-16-6-5-7-17-39)35-33-22-9-11-23(12-10-22)41-31(45)28(21(2)37-41)36-34-25-14-13-24(42(47)48)19-26(25)43/h5-7,9-14,16-17,19,33H,8,15,18H2,1-4H3/q-1/b34-25-,35-27+,36-28+. The maximum atomic E-state index is 13.5. The summed E-state index contributed by atoms with van der Waals surface area (Å²) in [5.74, 6) is -2.22. The van der Waals surface area contributed by atoms with Gasteiger partial charge in [0.1, 0.15) is 5.71 Å². The van der Waals surface area contributed by atoms with Gasteiger partial charge in [-0.05, 0) is 77.3 Å². The van der Waals surface area contributed by atoms with Crippen molar-refractivity contribution >= 4 is 63.4 Å². The van der Waals surface area contributed by atoms with Crippen molar-refractivity contribution in [2.75, 3.05) is 37.6 Å².